The van der Waals surface area contributed by atoms with Crippen LogP contribution in [0.3, 0.4) is 0 Å². The second-order valence-electron chi connectivity index (χ2n) is 6.57. The van der Waals surface area contributed by atoms with E-state index < -0.39 is 0 Å². The van der Waals surface area contributed by atoms with Crippen molar-refractivity contribution in [3.05, 3.63) is 33.8 Å². The van der Waals surface area contributed by atoms with E-state index in [-0.39, 0.29) is 0 Å². The van der Waals surface area contributed by atoms with Gasteiger partial charge in [0, 0.05) is 16.6 Å². The van der Waals surface area contributed by atoms with Crippen molar-refractivity contribution >= 4 is 15.9 Å². The summed E-state index contributed by atoms with van der Waals surface area (Å²) in [7, 11) is 0. The number of hydrogen-bond acceptors (Lipinski definition) is 1. The van der Waals surface area contributed by atoms with Crippen LogP contribution in [0.2, 0.25) is 0 Å². The van der Waals surface area contributed by atoms with Crippen molar-refractivity contribution in [1.82, 2.24) is 5.32 Å². The maximum atomic E-state index is 3.93. The van der Waals surface area contributed by atoms with Gasteiger partial charge in [0.05, 0.1) is 0 Å². The first-order chi connectivity index (χ1) is 9.13. The summed E-state index contributed by atoms with van der Waals surface area (Å²) >= 11 is 3.58. The molecule has 104 valence electrons. The van der Waals surface area contributed by atoms with E-state index in [9.17, 15) is 0 Å². The van der Waals surface area contributed by atoms with E-state index in [1.807, 2.05) is 0 Å². The standard InChI is InChI=1S/C17H24BrN/c1-11-3-6-15(9-12(11)2)19-17-8-4-13-10-14(18)5-7-16(13)17/h5,7,10-12,15,17,19H,3-4,6,8-9H2,1-2H3. The van der Waals surface area contributed by atoms with Crippen LogP contribution in [0.5, 0.6) is 0 Å². The Morgan fingerprint density at radius 2 is 1.95 bits per heavy atom. The molecule has 0 radical (unpaired) electrons. The summed E-state index contributed by atoms with van der Waals surface area (Å²) in [4.78, 5) is 0. The van der Waals surface area contributed by atoms with Gasteiger partial charge in [-0.05, 0) is 67.2 Å². The molecule has 2 aliphatic carbocycles. The maximum Gasteiger partial charge on any atom is 0.0328 e. The Hall–Kier alpha value is -0.340. The molecule has 3 rings (SSSR count). The van der Waals surface area contributed by atoms with E-state index in [1.165, 1.54) is 47.7 Å². The number of aryl methyl sites for hydroxylation is 1. The van der Waals surface area contributed by atoms with Gasteiger partial charge in [-0.25, -0.2) is 0 Å². The van der Waals surface area contributed by atoms with Gasteiger partial charge in [-0.1, -0.05) is 35.8 Å². The number of rotatable bonds is 2. The maximum absolute atomic E-state index is 3.93. The average Bonchev–Trinajstić information content (AvgIpc) is 2.76. The highest BCUT2D eigenvalue weighted by molar-refractivity contribution is 9.10. The van der Waals surface area contributed by atoms with Crippen molar-refractivity contribution in [3.63, 3.8) is 0 Å². The molecule has 1 aromatic carbocycles. The topological polar surface area (TPSA) is 12.0 Å². The van der Waals surface area contributed by atoms with E-state index >= 15 is 0 Å². The Bertz CT molecular complexity index is 457. The third-order valence-electron chi connectivity index (χ3n) is 5.22. The number of hydrogen-bond donors (Lipinski definition) is 1. The van der Waals surface area contributed by atoms with Gasteiger partial charge in [0.15, 0.2) is 0 Å². The van der Waals surface area contributed by atoms with Gasteiger partial charge in [-0.15, -0.1) is 0 Å². The van der Waals surface area contributed by atoms with Crippen molar-refractivity contribution in [2.75, 3.05) is 0 Å². The van der Waals surface area contributed by atoms with Crippen LogP contribution in [-0.4, -0.2) is 6.04 Å². The fourth-order valence-electron chi connectivity index (χ4n) is 3.74. The largest absolute Gasteiger partial charge is 0.307 e. The average molecular weight is 322 g/mol. The van der Waals surface area contributed by atoms with Crippen LogP contribution in [0.4, 0.5) is 0 Å². The predicted octanol–water partition coefficient (Wildman–Crippen LogP) is 4.85. The molecule has 19 heavy (non-hydrogen) atoms. The minimum atomic E-state index is 0.591. The lowest BCUT2D eigenvalue weighted by atomic mass is 9.79. The molecule has 1 saturated carbocycles. The quantitative estimate of drug-likeness (QED) is 0.821. The molecule has 2 heteroatoms. The van der Waals surface area contributed by atoms with Gasteiger partial charge in [-0.2, -0.15) is 0 Å². The molecule has 2 aliphatic rings. The van der Waals surface area contributed by atoms with Crippen molar-refractivity contribution < 1.29 is 0 Å². The summed E-state index contributed by atoms with van der Waals surface area (Å²) in [6.45, 7) is 4.82. The Morgan fingerprint density at radius 3 is 2.74 bits per heavy atom. The molecule has 0 bridgehead atoms. The first kappa shape index (κ1) is 13.6. The SMILES string of the molecule is CC1CCC(NC2CCc3cc(Br)ccc32)CC1C. The molecule has 0 heterocycles. The zero-order chi connectivity index (χ0) is 13.4. The minimum absolute atomic E-state index is 0.591. The first-order valence-corrected chi connectivity index (χ1v) is 8.47. The van der Waals surface area contributed by atoms with Gasteiger partial charge in [-0.3, -0.25) is 0 Å². The van der Waals surface area contributed by atoms with Gasteiger partial charge in [0.2, 0.25) is 0 Å². The van der Waals surface area contributed by atoms with Crippen LogP contribution < -0.4 is 5.32 Å². The number of benzene rings is 1. The highest BCUT2D eigenvalue weighted by Crippen LogP contribution is 2.36. The summed E-state index contributed by atoms with van der Waals surface area (Å²) in [5.41, 5.74) is 3.07. The van der Waals surface area contributed by atoms with Crippen LogP contribution in [0.15, 0.2) is 22.7 Å². The summed E-state index contributed by atoms with van der Waals surface area (Å²) in [6, 6.07) is 8.10. The summed E-state index contributed by atoms with van der Waals surface area (Å²) in [5.74, 6) is 1.78. The van der Waals surface area contributed by atoms with Gasteiger partial charge >= 0.3 is 0 Å². The Balaban J connectivity index is 1.66. The van der Waals surface area contributed by atoms with E-state index in [2.05, 4.69) is 53.3 Å². The van der Waals surface area contributed by atoms with Gasteiger partial charge in [0.1, 0.15) is 0 Å². The van der Waals surface area contributed by atoms with Crippen LogP contribution in [0.25, 0.3) is 0 Å². The lowest BCUT2D eigenvalue weighted by molar-refractivity contribution is 0.215. The fourth-order valence-corrected chi connectivity index (χ4v) is 4.15. The molecule has 0 saturated heterocycles. The van der Waals surface area contributed by atoms with Crippen LogP contribution in [-0.2, 0) is 6.42 Å². The second-order valence-corrected chi connectivity index (χ2v) is 7.48. The van der Waals surface area contributed by atoms with Crippen LogP contribution >= 0.6 is 15.9 Å². The van der Waals surface area contributed by atoms with Crippen molar-refractivity contribution in [1.29, 1.82) is 0 Å². The van der Waals surface area contributed by atoms with E-state index in [0.29, 0.717) is 6.04 Å². The molecule has 0 spiro atoms. The Morgan fingerprint density at radius 1 is 1.11 bits per heavy atom. The normalized spacial score (nSPS) is 34.3. The molecule has 0 aliphatic heterocycles. The highest BCUT2D eigenvalue weighted by Gasteiger charge is 2.29. The predicted molar refractivity (Wildman–Crippen MR) is 84.3 cm³/mol. The zero-order valence-electron chi connectivity index (χ0n) is 12.0. The Labute approximate surface area is 125 Å². The molecule has 1 aromatic rings. The van der Waals surface area contributed by atoms with Crippen molar-refractivity contribution in [2.45, 2.75) is 58.0 Å². The molecule has 1 N–H and O–H groups in total. The molecule has 4 atom stereocenters. The highest BCUT2D eigenvalue weighted by atomic mass is 79.9. The first-order valence-electron chi connectivity index (χ1n) is 7.68. The molecule has 0 aromatic heterocycles. The lowest BCUT2D eigenvalue weighted by Gasteiger charge is -2.34. The molecule has 4 unspecified atom stereocenters. The third-order valence-corrected chi connectivity index (χ3v) is 5.71. The van der Waals surface area contributed by atoms with Crippen LogP contribution in [0.1, 0.15) is 56.7 Å². The molecular formula is C17H24BrN. The minimum Gasteiger partial charge on any atom is -0.307 e. The number of nitrogens with one attached hydrogen (secondary N) is 1. The zero-order valence-corrected chi connectivity index (χ0v) is 13.5. The van der Waals surface area contributed by atoms with E-state index in [4.69, 9.17) is 0 Å². The lowest BCUT2D eigenvalue weighted by Crippen LogP contribution is -2.37. The number of halogens is 1. The van der Waals surface area contributed by atoms with Crippen LogP contribution in [0, 0.1) is 11.8 Å². The van der Waals surface area contributed by atoms with E-state index in [0.717, 1.165) is 17.9 Å². The molecule has 0 amide bonds. The fraction of sp³-hybridized carbons (Fsp3) is 0.647. The van der Waals surface area contributed by atoms with Crippen molar-refractivity contribution in [2.24, 2.45) is 11.8 Å². The molecule has 1 nitrogen and oxygen atoms in total. The van der Waals surface area contributed by atoms with Crippen molar-refractivity contribution in [3.8, 4) is 0 Å². The van der Waals surface area contributed by atoms with E-state index in [1.54, 1.807) is 0 Å². The molecular weight excluding hydrogens is 298 g/mol. The third kappa shape index (κ3) is 2.90. The smallest absolute Gasteiger partial charge is 0.0328 e. The summed E-state index contributed by atoms with van der Waals surface area (Å²) < 4.78 is 1.21. The Kier molecular flexibility index (Phi) is 4.00. The van der Waals surface area contributed by atoms with Gasteiger partial charge in [0.25, 0.3) is 0 Å². The monoisotopic (exact) mass is 321 g/mol. The number of fused-ring (bicyclic) bond motifs is 1. The summed E-state index contributed by atoms with van der Waals surface area (Å²) in [6.07, 6.45) is 6.59. The summed E-state index contributed by atoms with van der Waals surface area (Å²) in [5, 5.41) is 3.93. The second kappa shape index (κ2) is 5.57. The van der Waals surface area contributed by atoms with Gasteiger partial charge < -0.3 is 5.32 Å². The molecule has 1 fully saturated rings.